The van der Waals surface area contributed by atoms with E-state index in [1.165, 1.54) is 65.2 Å². The Hall–Kier alpha value is -17.1. The van der Waals surface area contributed by atoms with Crippen LogP contribution in [0.4, 0.5) is 0 Å². The molecule has 25 aromatic rings. The lowest BCUT2D eigenvalue weighted by atomic mass is 9.93. The lowest BCUT2D eigenvalue weighted by Crippen LogP contribution is -2.14. The summed E-state index contributed by atoms with van der Waals surface area (Å²) in [6.45, 7) is 0. The molecule has 25 rings (SSSR count). The van der Waals surface area contributed by atoms with Gasteiger partial charge in [-0.1, -0.05) is 303 Å². The molecular weight excluding hydrogens is 1540 g/mol. The maximum Gasteiger partial charge on any atom is 0.197 e. The number of nitrogens with zero attached hydrogens (tertiary/aromatic N) is 8. The Bertz CT molecular complexity index is 8170. The maximum absolute atomic E-state index is 13.8. The highest BCUT2D eigenvalue weighted by atomic mass is 16.1. The second-order valence-electron chi connectivity index (χ2n) is 31.9. The molecule has 0 spiro atoms. The predicted octanol–water partition coefficient (Wildman–Crippen LogP) is 28.4. The van der Waals surface area contributed by atoms with E-state index in [9.17, 15) is 9.59 Å². The summed E-state index contributed by atoms with van der Waals surface area (Å²) in [5.74, 6) is 0. The summed E-state index contributed by atoms with van der Waals surface area (Å²) in [5, 5.41) is 14.4. The van der Waals surface area contributed by atoms with E-state index in [1.807, 2.05) is 121 Å². The Kier molecular flexibility index (Phi) is 18.3. The van der Waals surface area contributed by atoms with E-state index >= 15 is 0 Å². The van der Waals surface area contributed by atoms with Crippen LogP contribution in [0.1, 0.15) is 0 Å². The molecule has 10 heteroatoms. The van der Waals surface area contributed by atoms with E-state index in [4.69, 9.17) is 19.9 Å². The van der Waals surface area contributed by atoms with Crippen molar-refractivity contribution >= 4 is 131 Å². The van der Waals surface area contributed by atoms with Crippen LogP contribution in [0.5, 0.6) is 0 Å². The zero-order chi connectivity index (χ0) is 83.7. The zero-order valence-electron chi connectivity index (χ0n) is 68.1. The number of aromatic nitrogens is 8. The predicted molar refractivity (Wildman–Crippen MR) is 523 cm³/mol. The van der Waals surface area contributed by atoms with Gasteiger partial charge in [-0.05, 0) is 183 Å². The van der Waals surface area contributed by atoms with Gasteiger partial charge in [-0.2, -0.15) is 0 Å². The molecule has 0 aliphatic rings. The molecule has 18 aromatic carbocycles. The van der Waals surface area contributed by atoms with Crippen LogP contribution in [-0.2, 0) is 0 Å². The average Bonchev–Trinajstić information content (AvgIpc) is 1.16. The molecule has 0 aliphatic carbocycles. The highest BCUT2D eigenvalue weighted by molar-refractivity contribution is 6.15. The van der Waals surface area contributed by atoms with Crippen molar-refractivity contribution in [3.8, 4) is 90.0 Å². The molecule has 7 aromatic heterocycles. The standard InChI is InChI=1S/C44H28N2.C40H26N4.C32H20N2O2/c1-3-13-31(14-4-1)39-27-41(35-21-19-29-11-7-9-17-33(29)25-35)45-43-37(39)23-24-38-40(32-15-5-2-6-16-32)28-42(46-44(38)43)36-22-20-30-12-8-10-18-34(30)26-36;1-5-19-37-31(15-1)32-16-2-6-20-38(32)43(37)29-13-9-11-27(23-29)35-25-36(42-26-41-35)28-12-10-14-30(24-28)44-39-21-7-3-17-33(39)34-18-4-8-22-40(34)44;35-31-23-15-7-9-17-27(23)33(21-11-3-1-4-12-21)29-19-26-30(20-25(29)31)34(22-13-5-2-6-14-22)28-18-10-8-16-24(28)32(26)36/h1-28H;1-26H;1-20H. The molecular formula is C116H74N8O2. The van der Waals surface area contributed by atoms with E-state index in [-0.39, 0.29) is 10.9 Å². The Labute approximate surface area is 723 Å². The van der Waals surface area contributed by atoms with Crippen molar-refractivity contribution in [2.75, 3.05) is 0 Å². The molecule has 0 atom stereocenters. The van der Waals surface area contributed by atoms with E-state index in [0.29, 0.717) is 32.6 Å². The van der Waals surface area contributed by atoms with Gasteiger partial charge in [0.15, 0.2) is 10.9 Å². The van der Waals surface area contributed by atoms with Gasteiger partial charge in [0, 0.05) is 98.9 Å². The number of fused-ring (bicyclic) bond motifs is 15. The summed E-state index contributed by atoms with van der Waals surface area (Å²) in [5.41, 5.74) is 26.1. The SMILES string of the molecule is O=c1c2ccccc2n(-c2ccccc2)c2cc3c(=O)c4ccccc4n(-c4ccccc4)c3cc12.c1cc(-c2cc(-c3cccc(-n4c5ccccc5c5ccccc54)c3)ncn2)cc(-n2c3ccccc3c3ccccc32)c1.c1ccc(-c2cc(-c3ccc4ccccc4c3)nc3c2ccc2c(-c4ccccc4)cc(-c4ccc5ccccc5c4)nc23)cc1. The third-order valence-corrected chi connectivity index (χ3v) is 24.5. The van der Waals surface area contributed by atoms with Gasteiger partial charge in [-0.3, -0.25) is 9.59 Å². The molecule has 0 unspecified atom stereocenters. The van der Waals surface area contributed by atoms with Gasteiger partial charge in [0.05, 0.1) is 77.9 Å². The molecule has 0 fully saturated rings. The molecule has 0 amide bonds. The molecule has 0 saturated heterocycles. The van der Waals surface area contributed by atoms with E-state index in [2.05, 4.69) is 340 Å². The van der Waals surface area contributed by atoms with Crippen molar-refractivity contribution in [2.24, 2.45) is 0 Å². The van der Waals surface area contributed by atoms with Crippen molar-refractivity contribution in [1.82, 2.24) is 38.2 Å². The third kappa shape index (κ3) is 13.0. The van der Waals surface area contributed by atoms with Gasteiger partial charge < -0.3 is 18.3 Å². The van der Waals surface area contributed by atoms with Crippen molar-refractivity contribution in [1.29, 1.82) is 0 Å². The summed E-state index contributed by atoms with van der Waals surface area (Å²) in [6, 6.07) is 153. The highest BCUT2D eigenvalue weighted by Crippen LogP contribution is 2.43. The smallest absolute Gasteiger partial charge is 0.197 e. The molecule has 0 radical (unpaired) electrons. The van der Waals surface area contributed by atoms with E-state index < -0.39 is 0 Å². The van der Waals surface area contributed by atoms with Crippen molar-refractivity contribution in [3.05, 3.63) is 470 Å². The van der Waals surface area contributed by atoms with Gasteiger partial charge in [0.25, 0.3) is 0 Å². The number of para-hydroxylation sites is 8. The van der Waals surface area contributed by atoms with Gasteiger partial charge >= 0.3 is 0 Å². The van der Waals surface area contributed by atoms with Crippen molar-refractivity contribution < 1.29 is 0 Å². The molecule has 0 N–H and O–H groups in total. The first-order valence-electron chi connectivity index (χ1n) is 42.4. The average molecular weight is 1610 g/mol. The first-order chi connectivity index (χ1) is 62.3. The Morgan fingerprint density at radius 3 is 0.849 bits per heavy atom. The van der Waals surface area contributed by atoms with Gasteiger partial charge in [0.1, 0.15) is 6.33 Å². The van der Waals surface area contributed by atoms with Gasteiger partial charge in [-0.25, -0.2) is 19.9 Å². The summed E-state index contributed by atoms with van der Waals surface area (Å²) in [7, 11) is 0. The monoisotopic (exact) mass is 1610 g/mol. The Morgan fingerprint density at radius 2 is 0.468 bits per heavy atom. The normalized spacial score (nSPS) is 11.6. The summed E-state index contributed by atoms with van der Waals surface area (Å²) in [6.07, 6.45) is 1.67. The second-order valence-corrected chi connectivity index (χ2v) is 31.9. The van der Waals surface area contributed by atoms with Crippen LogP contribution in [-0.4, -0.2) is 38.2 Å². The summed E-state index contributed by atoms with van der Waals surface area (Å²) < 4.78 is 8.83. The summed E-state index contributed by atoms with van der Waals surface area (Å²) in [4.78, 5) is 47.9. The third-order valence-electron chi connectivity index (χ3n) is 24.5. The molecule has 0 bridgehead atoms. The Morgan fingerprint density at radius 1 is 0.175 bits per heavy atom. The largest absolute Gasteiger partial charge is 0.309 e. The Balaban J connectivity index is 0.000000110. The number of rotatable bonds is 10. The fraction of sp³-hybridized carbons (Fsp3) is 0. The van der Waals surface area contributed by atoms with E-state index in [1.54, 1.807) is 6.33 Å². The number of hydrogen-bond donors (Lipinski definition) is 0. The van der Waals surface area contributed by atoms with E-state index in [0.717, 1.165) is 123 Å². The summed E-state index contributed by atoms with van der Waals surface area (Å²) >= 11 is 0. The molecule has 10 nitrogen and oxygen atoms in total. The van der Waals surface area contributed by atoms with Crippen LogP contribution >= 0.6 is 0 Å². The highest BCUT2D eigenvalue weighted by Gasteiger charge is 2.23. The van der Waals surface area contributed by atoms with Crippen LogP contribution in [0.3, 0.4) is 0 Å². The van der Waals surface area contributed by atoms with Crippen LogP contribution in [0.15, 0.2) is 459 Å². The zero-order valence-corrected chi connectivity index (χ0v) is 68.1. The first-order valence-corrected chi connectivity index (χ1v) is 42.4. The lowest BCUT2D eigenvalue weighted by Gasteiger charge is -2.19. The van der Waals surface area contributed by atoms with Crippen LogP contribution < -0.4 is 10.9 Å². The van der Waals surface area contributed by atoms with Crippen LogP contribution in [0.2, 0.25) is 0 Å². The number of benzene rings is 18. The number of hydrogen-bond acceptors (Lipinski definition) is 6. The van der Waals surface area contributed by atoms with Gasteiger partial charge in [-0.15, -0.1) is 0 Å². The van der Waals surface area contributed by atoms with Crippen molar-refractivity contribution in [3.63, 3.8) is 0 Å². The quantitative estimate of drug-likeness (QED) is 0.0998. The minimum absolute atomic E-state index is 0.0464. The molecule has 0 aliphatic heterocycles. The fourth-order valence-electron chi connectivity index (χ4n) is 18.7. The van der Waals surface area contributed by atoms with Gasteiger partial charge in [0.2, 0.25) is 0 Å². The maximum atomic E-state index is 13.8. The molecule has 7 heterocycles. The minimum Gasteiger partial charge on any atom is -0.309 e. The molecule has 126 heavy (non-hydrogen) atoms. The van der Waals surface area contributed by atoms with Crippen molar-refractivity contribution in [2.45, 2.75) is 0 Å². The fourth-order valence-corrected chi connectivity index (χ4v) is 18.7. The minimum atomic E-state index is -0.0464. The molecule has 0 saturated carbocycles. The van der Waals surface area contributed by atoms with Crippen LogP contribution in [0, 0.1) is 0 Å². The lowest BCUT2D eigenvalue weighted by molar-refractivity contribution is 1.15. The van der Waals surface area contributed by atoms with Crippen LogP contribution in [0.25, 0.3) is 221 Å². The number of pyridine rings is 4. The topological polar surface area (TPSA) is 105 Å². The first kappa shape index (κ1) is 74.0. The molecule has 590 valence electrons. The second kappa shape index (κ2) is 31.2.